The second kappa shape index (κ2) is 6.49. The van der Waals surface area contributed by atoms with Crippen molar-refractivity contribution in [1.82, 2.24) is 0 Å². The largest absolute Gasteiger partial charge is 0.299 e. The van der Waals surface area contributed by atoms with Gasteiger partial charge in [0.25, 0.3) is 0 Å². The van der Waals surface area contributed by atoms with Gasteiger partial charge < -0.3 is 0 Å². The molecule has 1 aliphatic rings. The van der Waals surface area contributed by atoms with Crippen molar-refractivity contribution in [3.05, 3.63) is 28.8 Å². The van der Waals surface area contributed by atoms with Crippen molar-refractivity contribution in [3.8, 4) is 0 Å². The Morgan fingerprint density at radius 2 is 1.95 bits per heavy atom. The smallest absolute Gasteiger partial charge is 0.176 e. The average molecular weight is 329 g/mol. The summed E-state index contributed by atoms with van der Waals surface area (Å²) in [6, 6.07) is 4.87. The molecule has 0 aliphatic heterocycles. The highest BCUT2D eigenvalue weighted by Crippen LogP contribution is 2.36. The van der Waals surface area contributed by atoms with Crippen molar-refractivity contribution in [2.45, 2.75) is 49.8 Å². The molecule has 0 N–H and O–H groups in total. The topological polar surface area (TPSA) is 51.2 Å². The van der Waals surface area contributed by atoms with E-state index in [0.29, 0.717) is 5.92 Å². The maximum absolute atomic E-state index is 12.0. The summed E-state index contributed by atoms with van der Waals surface area (Å²) in [4.78, 5) is 12.1. The molecule has 0 unspecified atom stereocenters. The van der Waals surface area contributed by atoms with Crippen molar-refractivity contribution in [2.75, 3.05) is 6.26 Å². The molecule has 116 valence electrons. The van der Waals surface area contributed by atoms with Crippen LogP contribution in [-0.4, -0.2) is 20.5 Å². The maximum Gasteiger partial charge on any atom is 0.176 e. The number of hydrogen-bond acceptors (Lipinski definition) is 3. The molecule has 0 saturated heterocycles. The zero-order valence-electron chi connectivity index (χ0n) is 12.4. The van der Waals surface area contributed by atoms with Crippen LogP contribution in [-0.2, 0) is 14.6 Å². The molecule has 3 nitrogen and oxygen atoms in total. The van der Waals surface area contributed by atoms with Crippen LogP contribution in [0.3, 0.4) is 0 Å². The number of rotatable bonds is 5. The van der Waals surface area contributed by atoms with Gasteiger partial charge in [0.05, 0.1) is 9.92 Å². The lowest BCUT2D eigenvalue weighted by molar-refractivity contribution is -0.118. The standard InChI is InChI=1S/C16H21ClO3S/c1-11(18)14(9-12-5-3-4-6-12)13-7-8-16(15(17)10-13)21(2,19)20/h7-8,10,12,14H,3-6,9H2,1-2H3/t14-/m0/s1. The van der Waals surface area contributed by atoms with Gasteiger partial charge in [-0.2, -0.15) is 0 Å². The van der Waals surface area contributed by atoms with Crippen LogP contribution >= 0.6 is 11.6 Å². The van der Waals surface area contributed by atoms with E-state index in [1.54, 1.807) is 19.1 Å². The highest BCUT2D eigenvalue weighted by atomic mass is 35.5. The van der Waals surface area contributed by atoms with E-state index in [0.717, 1.165) is 18.2 Å². The minimum atomic E-state index is -3.34. The third kappa shape index (κ3) is 4.07. The molecule has 1 saturated carbocycles. The minimum absolute atomic E-state index is 0.116. The van der Waals surface area contributed by atoms with Crippen LogP contribution in [0.15, 0.2) is 23.1 Å². The van der Waals surface area contributed by atoms with Gasteiger partial charge in [0.15, 0.2) is 9.84 Å². The average Bonchev–Trinajstić information content (AvgIpc) is 2.86. The first-order valence-corrected chi connectivity index (χ1v) is 9.56. The first-order valence-electron chi connectivity index (χ1n) is 7.29. The summed E-state index contributed by atoms with van der Waals surface area (Å²) in [7, 11) is -3.34. The van der Waals surface area contributed by atoms with E-state index in [2.05, 4.69) is 0 Å². The van der Waals surface area contributed by atoms with Gasteiger partial charge in [-0.15, -0.1) is 0 Å². The summed E-state index contributed by atoms with van der Waals surface area (Å²) in [6.45, 7) is 1.60. The number of hydrogen-bond donors (Lipinski definition) is 0. The maximum atomic E-state index is 12.0. The van der Waals surface area contributed by atoms with Crippen molar-refractivity contribution < 1.29 is 13.2 Å². The second-order valence-corrected chi connectivity index (χ2v) is 8.40. The van der Waals surface area contributed by atoms with Crippen molar-refractivity contribution in [2.24, 2.45) is 5.92 Å². The van der Waals surface area contributed by atoms with E-state index in [1.165, 1.54) is 31.7 Å². The Kier molecular flexibility index (Phi) is 5.10. The van der Waals surface area contributed by atoms with Crippen LogP contribution in [0.25, 0.3) is 0 Å². The lowest BCUT2D eigenvalue weighted by Crippen LogP contribution is -2.13. The molecular weight excluding hydrogens is 308 g/mol. The predicted molar refractivity (Wildman–Crippen MR) is 84.6 cm³/mol. The Labute approximate surface area is 131 Å². The molecule has 0 amide bonds. The molecule has 0 radical (unpaired) electrons. The third-order valence-corrected chi connectivity index (χ3v) is 5.87. The van der Waals surface area contributed by atoms with Gasteiger partial charge in [-0.05, 0) is 37.0 Å². The molecule has 1 aromatic carbocycles. The summed E-state index contributed by atoms with van der Waals surface area (Å²) in [5, 5.41) is 0.202. The minimum Gasteiger partial charge on any atom is -0.299 e. The van der Waals surface area contributed by atoms with Crippen molar-refractivity contribution >= 4 is 27.2 Å². The number of halogens is 1. The van der Waals surface area contributed by atoms with Crippen LogP contribution in [0.1, 0.15) is 50.5 Å². The van der Waals surface area contributed by atoms with Gasteiger partial charge >= 0.3 is 0 Å². The molecule has 1 atom stereocenters. The van der Waals surface area contributed by atoms with Gasteiger partial charge in [0, 0.05) is 12.2 Å². The van der Waals surface area contributed by atoms with Gasteiger partial charge in [0.2, 0.25) is 0 Å². The van der Waals surface area contributed by atoms with Crippen LogP contribution in [0, 0.1) is 5.92 Å². The van der Waals surface area contributed by atoms with E-state index in [4.69, 9.17) is 11.6 Å². The zero-order valence-corrected chi connectivity index (χ0v) is 14.0. The molecular formula is C16H21ClO3S. The normalized spacial score (nSPS) is 17.9. The van der Waals surface area contributed by atoms with Gasteiger partial charge in [-0.25, -0.2) is 8.42 Å². The van der Waals surface area contributed by atoms with Gasteiger partial charge in [0.1, 0.15) is 5.78 Å². The monoisotopic (exact) mass is 328 g/mol. The lowest BCUT2D eigenvalue weighted by atomic mass is 9.85. The Morgan fingerprint density at radius 1 is 1.33 bits per heavy atom. The molecule has 0 aromatic heterocycles. The molecule has 0 spiro atoms. The Bertz CT molecular complexity index is 631. The zero-order chi connectivity index (χ0) is 15.6. The quantitative estimate of drug-likeness (QED) is 0.821. The van der Waals surface area contributed by atoms with Gasteiger partial charge in [-0.3, -0.25) is 4.79 Å². The first kappa shape index (κ1) is 16.5. The van der Waals surface area contributed by atoms with E-state index in [1.807, 2.05) is 0 Å². The predicted octanol–water partition coefficient (Wildman–Crippen LogP) is 4.00. The molecule has 0 heterocycles. The molecule has 2 rings (SSSR count). The first-order chi connectivity index (χ1) is 9.79. The van der Waals surface area contributed by atoms with Crippen molar-refractivity contribution in [3.63, 3.8) is 0 Å². The summed E-state index contributed by atoms with van der Waals surface area (Å²) in [5.41, 5.74) is 0.826. The highest BCUT2D eigenvalue weighted by molar-refractivity contribution is 7.90. The number of carbonyl (C=O) groups is 1. The summed E-state index contributed by atoms with van der Waals surface area (Å²) >= 11 is 6.09. The number of carbonyl (C=O) groups excluding carboxylic acids is 1. The summed E-state index contributed by atoms with van der Waals surface area (Å²) in [5.74, 6) is 0.525. The molecule has 1 aromatic rings. The van der Waals surface area contributed by atoms with Crippen LogP contribution < -0.4 is 0 Å². The van der Waals surface area contributed by atoms with Crippen LogP contribution in [0.4, 0.5) is 0 Å². The van der Waals surface area contributed by atoms with Crippen LogP contribution in [0.2, 0.25) is 5.02 Å². The van der Waals surface area contributed by atoms with E-state index in [9.17, 15) is 13.2 Å². The Balaban J connectivity index is 2.28. The summed E-state index contributed by atoms with van der Waals surface area (Å²) < 4.78 is 23.2. The Hall–Kier alpha value is -0.870. The van der Waals surface area contributed by atoms with E-state index < -0.39 is 9.84 Å². The number of ketones is 1. The SMILES string of the molecule is CC(=O)[C@H](CC1CCCC1)c1ccc(S(C)(=O)=O)c(Cl)c1. The molecule has 21 heavy (non-hydrogen) atoms. The fourth-order valence-corrected chi connectivity index (χ4v) is 4.49. The van der Waals surface area contributed by atoms with Gasteiger partial charge in [-0.1, -0.05) is 43.4 Å². The van der Waals surface area contributed by atoms with Crippen molar-refractivity contribution in [1.29, 1.82) is 0 Å². The second-order valence-electron chi connectivity index (χ2n) is 6.01. The molecule has 5 heteroatoms. The lowest BCUT2D eigenvalue weighted by Gasteiger charge is -2.19. The third-order valence-electron chi connectivity index (χ3n) is 4.29. The highest BCUT2D eigenvalue weighted by Gasteiger charge is 2.25. The van der Waals surface area contributed by atoms with Crippen LogP contribution in [0.5, 0.6) is 0 Å². The van der Waals surface area contributed by atoms with E-state index in [-0.39, 0.29) is 21.6 Å². The summed E-state index contributed by atoms with van der Waals surface area (Å²) in [6.07, 6.45) is 6.81. The molecule has 0 bridgehead atoms. The molecule has 1 fully saturated rings. The fourth-order valence-electron chi connectivity index (χ4n) is 3.15. The number of sulfone groups is 1. The number of Topliss-reactive ketones (excluding diaryl/α,β-unsaturated/α-hetero) is 1. The number of benzene rings is 1. The van der Waals surface area contributed by atoms with E-state index >= 15 is 0 Å². The molecule has 1 aliphatic carbocycles. The fraction of sp³-hybridized carbons (Fsp3) is 0.562. The Morgan fingerprint density at radius 3 is 2.43 bits per heavy atom.